The van der Waals surface area contributed by atoms with Crippen LogP contribution in [0.15, 0.2) is 4.52 Å². The van der Waals surface area contributed by atoms with Gasteiger partial charge in [0.2, 0.25) is 5.88 Å². The zero-order valence-electron chi connectivity index (χ0n) is 11.4. The molecular weight excluding hydrogens is 246 g/mol. The summed E-state index contributed by atoms with van der Waals surface area (Å²) in [5, 5.41) is 10.7. The Morgan fingerprint density at radius 3 is 2.58 bits per heavy atom. The van der Waals surface area contributed by atoms with E-state index in [1.165, 1.54) is 0 Å². The van der Waals surface area contributed by atoms with Crippen molar-refractivity contribution in [2.24, 2.45) is 0 Å². The van der Waals surface area contributed by atoms with Gasteiger partial charge in [-0.1, -0.05) is 5.16 Å². The van der Waals surface area contributed by atoms with Gasteiger partial charge in [0.25, 0.3) is 5.91 Å². The first kappa shape index (κ1) is 13.1. The summed E-state index contributed by atoms with van der Waals surface area (Å²) in [5.41, 5.74) is 8.78. The zero-order chi connectivity index (χ0) is 14.2. The fraction of sp³-hybridized carbons (Fsp3) is 0.417. The molecule has 0 aliphatic heterocycles. The van der Waals surface area contributed by atoms with Crippen LogP contribution in [0.1, 0.15) is 34.4 Å². The fourth-order valence-corrected chi connectivity index (χ4v) is 1.76. The second kappa shape index (κ2) is 4.75. The highest BCUT2D eigenvalue weighted by atomic mass is 16.5. The van der Waals surface area contributed by atoms with Crippen molar-refractivity contribution in [2.75, 3.05) is 11.1 Å². The normalized spacial score (nSPS) is 10.7. The maximum Gasteiger partial charge on any atom is 0.278 e. The molecule has 7 heteroatoms. The minimum Gasteiger partial charge on any atom is -0.395 e. The van der Waals surface area contributed by atoms with Crippen molar-refractivity contribution < 1.29 is 9.32 Å². The fourth-order valence-electron chi connectivity index (χ4n) is 1.76. The Hall–Kier alpha value is -2.31. The molecule has 2 rings (SSSR count). The van der Waals surface area contributed by atoms with E-state index in [2.05, 4.69) is 15.6 Å². The number of nitrogen functional groups attached to an aromatic ring is 1. The summed E-state index contributed by atoms with van der Waals surface area (Å²) in [6.45, 7) is 7.86. The summed E-state index contributed by atoms with van der Waals surface area (Å²) in [5.74, 6) is -0.0115. The van der Waals surface area contributed by atoms with Crippen LogP contribution in [-0.2, 0) is 6.54 Å². The van der Waals surface area contributed by atoms with Crippen molar-refractivity contribution in [3.05, 3.63) is 22.6 Å². The molecule has 0 atom stereocenters. The molecule has 3 N–H and O–H groups in total. The molecule has 0 saturated heterocycles. The van der Waals surface area contributed by atoms with E-state index in [-0.39, 0.29) is 5.91 Å². The first-order chi connectivity index (χ1) is 8.95. The van der Waals surface area contributed by atoms with Gasteiger partial charge in [0.05, 0.1) is 17.1 Å². The van der Waals surface area contributed by atoms with Gasteiger partial charge in [-0.2, -0.15) is 5.10 Å². The van der Waals surface area contributed by atoms with E-state index >= 15 is 0 Å². The van der Waals surface area contributed by atoms with Crippen LogP contribution >= 0.6 is 0 Å². The van der Waals surface area contributed by atoms with E-state index in [1.54, 1.807) is 11.6 Å². The topological polar surface area (TPSA) is 99.0 Å². The Kier molecular flexibility index (Phi) is 3.28. The summed E-state index contributed by atoms with van der Waals surface area (Å²) in [6, 6.07) is 0. The average molecular weight is 263 g/mol. The molecule has 0 bridgehead atoms. The van der Waals surface area contributed by atoms with Gasteiger partial charge in [-0.3, -0.25) is 14.8 Å². The van der Waals surface area contributed by atoms with E-state index in [0.717, 1.165) is 11.3 Å². The Morgan fingerprint density at radius 1 is 1.37 bits per heavy atom. The predicted molar refractivity (Wildman–Crippen MR) is 71.0 cm³/mol. The monoisotopic (exact) mass is 263 g/mol. The number of rotatable bonds is 3. The van der Waals surface area contributed by atoms with E-state index < -0.39 is 0 Å². The van der Waals surface area contributed by atoms with Gasteiger partial charge in [0.1, 0.15) is 5.69 Å². The third-order valence-electron chi connectivity index (χ3n) is 3.07. The average Bonchev–Trinajstić information content (AvgIpc) is 2.84. The van der Waals surface area contributed by atoms with Crippen LogP contribution in [0.5, 0.6) is 0 Å². The summed E-state index contributed by atoms with van der Waals surface area (Å²) in [4.78, 5) is 12.2. The van der Waals surface area contributed by atoms with Crippen LogP contribution in [0.2, 0.25) is 0 Å². The lowest BCUT2D eigenvalue weighted by Gasteiger charge is -2.05. The van der Waals surface area contributed by atoms with Crippen molar-refractivity contribution in [3.8, 4) is 0 Å². The number of aryl methyl sites for hydroxylation is 3. The van der Waals surface area contributed by atoms with Crippen LogP contribution in [-0.4, -0.2) is 20.8 Å². The number of nitrogens with two attached hydrogens (primary N) is 1. The maximum atomic E-state index is 12.2. The van der Waals surface area contributed by atoms with Crippen LogP contribution in [0, 0.1) is 20.8 Å². The molecule has 102 valence electrons. The SMILES string of the molecule is CCn1nc(C)c(N)c1C(=O)Nc1onc(C)c1C. The van der Waals surface area contributed by atoms with Crippen LogP contribution in [0.4, 0.5) is 11.6 Å². The van der Waals surface area contributed by atoms with Gasteiger partial charge in [0.15, 0.2) is 0 Å². The Bertz CT molecular complexity index is 626. The second-order valence-electron chi connectivity index (χ2n) is 4.34. The number of carbonyl (C=O) groups excluding carboxylic acids is 1. The molecule has 2 heterocycles. The van der Waals surface area contributed by atoms with Crippen LogP contribution in [0.25, 0.3) is 0 Å². The number of carbonyl (C=O) groups is 1. The molecule has 0 spiro atoms. The third kappa shape index (κ3) is 2.18. The highest BCUT2D eigenvalue weighted by Gasteiger charge is 2.21. The Labute approximate surface area is 110 Å². The Balaban J connectivity index is 2.33. The standard InChI is InChI=1S/C12H17N5O2/c1-5-17-10(9(13)8(4)15-17)11(18)14-12-6(2)7(3)16-19-12/h5,13H2,1-4H3,(H,14,18). The first-order valence-electron chi connectivity index (χ1n) is 6.02. The number of nitrogens with zero attached hydrogens (tertiary/aromatic N) is 3. The van der Waals surface area contributed by atoms with E-state index in [9.17, 15) is 4.79 Å². The smallest absolute Gasteiger partial charge is 0.278 e. The van der Waals surface area contributed by atoms with Crippen molar-refractivity contribution >= 4 is 17.5 Å². The number of anilines is 2. The van der Waals surface area contributed by atoms with Gasteiger partial charge in [-0.25, -0.2) is 0 Å². The first-order valence-corrected chi connectivity index (χ1v) is 6.02. The lowest BCUT2D eigenvalue weighted by atomic mass is 10.2. The van der Waals surface area contributed by atoms with Gasteiger partial charge in [-0.15, -0.1) is 0 Å². The minimum absolute atomic E-state index is 0.336. The van der Waals surface area contributed by atoms with Gasteiger partial charge in [0, 0.05) is 12.1 Å². The zero-order valence-corrected chi connectivity index (χ0v) is 11.4. The summed E-state index contributed by atoms with van der Waals surface area (Å²) in [7, 11) is 0. The molecule has 0 aliphatic carbocycles. The molecule has 0 saturated carbocycles. The predicted octanol–water partition coefficient (Wildman–Crippen LogP) is 1.65. The highest BCUT2D eigenvalue weighted by Crippen LogP contribution is 2.21. The number of aromatic nitrogens is 3. The second-order valence-corrected chi connectivity index (χ2v) is 4.34. The highest BCUT2D eigenvalue weighted by molar-refractivity contribution is 6.06. The largest absolute Gasteiger partial charge is 0.395 e. The van der Waals surface area contributed by atoms with Crippen LogP contribution < -0.4 is 11.1 Å². The van der Waals surface area contributed by atoms with Crippen molar-refractivity contribution in [1.82, 2.24) is 14.9 Å². The van der Waals surface area contributed by atoms with Crippen molar-refractivity contribution in [2.45, 2.75) is 34.2 Å². The molecule has 7 nitrogen and oxygen atoms in total. The number of nitrogens with one attached hydrogen (secondary N) is 1. The number of hydrogen-bond donors (Lipinski definition) is 2. The Morgan fingerprint density at radius 2 is 2.05 bits per heavy atom. The molecular formula is C12H17N5O2. The summed E-state index contributed by atoms with van der Waals surface area (Å²) in [6.07, 6.45) is 0. The number of amides is 1. The third-order valence-corrected chi connectivity index (χ3v) is 3.07. The van der Waals surface area contributed by atoms with Gasteiger partial charge < -0.3 is 10.3 Å². The minimum atomic E-state index is -0.348. The lowest BCUT2D eigenvalue weighted by Crippen LogP contribution is -2.19. The molecule has 0 aromatic carbocycles. The van der Waals surface area contributed by atoms with Crippen molar-refractivity contribution in [1.29, 1.82) is 0 Å². The van der Waals surface area contributed by atoms with E-state index in [0.29, 0.717) is 29.5 Å². The molecule has 2 aromatic rings. The molecule has 0 unspecified atom stereocenters. The van der Waals surface area contributed by atoms with Gasteiger partial charge in [-0.05, 0) is 27.7 Å². The van der Waals surface area contributed by atoms with E-state index in [1.807, 2.05) is 20.8 Å². The molecule has 19 heavy (non-hydrogen) atoms. The maximum absolute atomic E-state index is 12.2. The van der Waals surface area contributed by atoms with E-state index in [4.69, 9.17) is 10.3 Å². The molecule has 2 aromatic heterocycles. The quantitative estimate of drug-likeness (QED) is 0.877. The van der Waals surface area contributed by atoms with Crippen molar-refractivity contribution in [3.63, 3.8) is 0 Å². The lowest BCUT2D eigenvalue weighted by molar-refractivity contribution is 0.101. The molecule has 0 fully saturated rings. The molecule has 0 radical (unpaired) electrons. The van der Waals surface area contributed by atoms with Gasteiger partial charge >= 0.3 is 0 Å². The summed E-state index contributed by atoms with van der Waals surface area (Å²) < 4.78 is 6.62. The summed E-state index contributed by atoms with van der Waals surface area (Å²) >= 11 is 0. The molecule has 1 amide bonds. The number of hydrogen-bond acceptors (Lipinski definition) is 5. The van der Waals surface area contributed by atoms with Crippen LogP contribution in [0.3, 0.4) is 0 Å². The molecule has 0 aliphatic rings.